The molecule has 1 atom stereocenters. The number of fused-ring (bicyclic) bond motifs is 1. The van der Waals surface area contributed by atoms with Crippen LogP contribution in [-0.4, -0.2) is 37.1 Å². The lowest BCUT2D eigenvalue weighted by molar-refractivity contribution is -0.145. The third kappa shape index (κ3) is 2.71. The van der Waals surface area contributed by atoms with E-state index in [4.69, 9.17) is 10.5 Å². The van der Waals surface area contributed by atoms with Gasteiger partial charge in [-0.25, -0.2) is 0 Å². The van der Waals surface area contributed by atoms with E-state index >= 15 is 0 Å². The lowest BCUT2D eigenvalue weighted by Crippen LogP contribution is -2.42. The predicted molar refractivity (Wildman–Crippen MR) is 70.1 cm³/mol. The van der Waals surface area contributed by atoms with Crippen LogP contribution in [0.2, 0.25) is 0 Å². The van der Waals surface area contributed by atoms with E-state index in [2.05, 4.69) is 17.0 Å². The quantitative estimate of drug-likeness (QED) is 0.811. The summed E-state index contributed by atoms with van der Waals surface area (Å²) in [5.41, 5.74) is 8.45. The van der Waals surface area contributed by atoms with Crippen LogP contribution in [0.15, 0.2) is 24.3 Å². The molecule has 2 N–H and O–H groups in total. The molecule has 0 aromatic heterocycles. The summed E-state index contributed by atoms with van der Waals surface area (Å²) in [6.07, 6.45) is 0.964. The Kier molecular flexibility index (Phi) is 4.33. The summed E-state index contributed by atoms with van der Waals surface area (Å²) in [5.74, 6) is -0.171. The monoisotopic (exact) mass is 248 g/mol. The molecule has 0 saturated heterocycles. The fourth-order valence-electron chi connectivity index (χ4n) is 2.54. The minimum absolute atomic E-state index is 0.124. The molecule has 1 aromatic carbocycles. The maximum absolute atomic E-state index is 11.6. The van der Waals surface area contributed by atoms with Crippen LogP contribution in [0.1, 0.15) is 24.1 Å². The molecule has 0 spiro atoms. The molecule has 1 aromatic rings. The summed E-state index contributed by atoms with van der Waals surface area (Å²) in [6, 6.07) is 8.44. The molecule has 1 aliphatic rings. The maximum atomic E-state index is 11.6. The van der Waals surface area contributed by atoms with Gasteiger partial charge in [-0.05, 0) is 24.5 Å². The number of hydrogen-bond donors (Lipinski definition) is 1. The summed E-state index contributed by atoms with van der Waals surface area (Å²) in [7, 11) is 0. The summed E-state index contributed by atoms with van der Waals surface area (Å²) in [4.78, 5) is 13.7. The Hall–Kier alpha value is -1.39. The second kappa shape index (κ2) is 5.98. The van der Waals surface area contributed by atoms with Crippen molar-refractivity contribution in [2.75, 3.05) is 26.2 Å². The van der Waals surface area contributed by atoms with Crippen LogP contribution in [0.5, 0.6) is 0 Å². The number of nitrogens with zero attached hydrogens (tertiary/aromatic N) is 1. The van der Waals surface area contributed by atoms with Crippen LogP contribution in [0, 0.1) is 0 Å². The van der Waals surface area contributed by atoms with E-state index in [9.17, 15) is 4.79 Å². The molecule has 2 rings (SSSR count). The minimum Gasteiger partial charge on any atom is -0.465 e. The highest BCUT2D eigenvalue weighted by Gasteiger charge is 2.27. The third-order valence-electron chi connectivity index (χ3n) is 3.38. The van der Waals surface area contributed by atoms with Crippen molar-refractivity contribution in [1.29, 1.82) is 0 Å². The first-order chi connectivity index (χ1) is 8.76. The maximum Gasteiger partial charge on any atom is 0.320 e. The van der Waals surface area contributed by atoms with Gasteiger partial charge in [0.25, 0.3) is 0 Å². The number of nitrogens with two attached hydrogens (primary N) is 1. The SMILES string of the molecule is CCOC(=O)CN1CCc2ccccc2C1CN. The molecule has 0 fully saturated rings. The van der Waals surface area contributed by atoms with Crippen LogP contribution in [0.4, 0.5) is 0 Å². The number of carbonyl (C=O) groups excluding carboxylic acids is 1. The van der Waals surface area contributed by atoms with Gasteiger partial charge in [0.15, 0.2) is 0 Å². The fourth-order valence-corrected chi connectivity index (χ4v) is 2.54. The summed E-state index contributed by atoms with van der Waals surface area (Å²) < 4.78 is 5.00. The van der Waals surface area contributed by atoms with Crippen LogP contribution in [0.25, 0.3) is 0 Å². The second-order valence-electron chi connectivity index (χ2n) is 4.48. The zero-order chi connectivity index (χ0) is 13.0. The van der Waals surface area contributed by atoms with Gasteiger partial charge >= 0.3 is 5.97 Å². The molecule has 0 bridgehead atoms. The standard InChI is InChI=1S/C14H20N2O2/c1-2-18-14(17)10-16-8-7-11-5-3-4-6-12(11)13(16)9-15/h3-6,13H,2,7-10,15H2,1H3. The Labute approximate surface area is 108 Å². The predicted octanol–water partition coefficient (Wildman–Crippen LogP) is 1.11. The van der Waals surface area contributed by atoms with Crippen molar-refractivity contribution in [2.24, 2.45) is 5.73 Å². The molecule has 1 heterocycles. The molecule has 18 heavy (non-hydrogen) atoms. The number of hydrogen-bond acceptors (Lipinski definition) is 4. The van der Waals surface area contributed by atoms with E-state index < -0.39 is 0 Å². The number of carbonyl (C=O) groups is 1. The van der Waals surface area contributed by atoms with E-state index in [1.807, 2.05) is 19.1 Å². The molecule has 1 unspecified atom stereocenters. The molecule has 98 valence electrons. The molecular weight excluding hydrogens is 228 g/mol. The van der Waals surface area contributed by atoms with Crippen molar-refractivity contribution in [3.8, 4) is 0 Å². The average molecular weight is 248 g/mol. The van der Waals surface area contributed by atoms with Crippen LogP contribution >= 0.6 is 0 Å². The van der Waals surface area contributed by atoms with Crippen molar-refractivity contribution in [3.05, 3.63) is 35.4 Å². The summed E-state index contributed by atoms with van der Waals surface area (Å²) >= 11 is 0. The first-order valence-corrected chi connectivity index (χ1v) is 6.43. The second-order valence-corrected chi connectivity index (χ2v) is 4.48. The Morgan fingerprint density at radius 1 is 1.50 bits per heavy atom. The fraction of sp³-hybridized carbons (Fsp3) is 0.500. The zero-order valence-electron chi connectivity index (χ0n) is 10.8. The largest absolute Gasteiger partial charge is 0.465 e. The molecule has 0 saturated carbocycles. The highest BCUT2D eigenvalue weighted by atomic mass is 16.5. The summed E-state index contributed by atoms with van der Waals surface area (Å²) in [5, 5.41) is 0. The van der Waals surface area contributed by atoms with Gasteiger partial charge in [-0.15, -0.1) is 0 Å². The first kappa shape index (κ1) is 13.1. The highest BCUT2D eigenvalue weighted by Crippen LogP contribution is 2.28. The normalized spacial score (nSPS) is 19.3. The van der Waals surface area contributed by atoms with E-state index in [-0.39, 0.29) is 12.0 Å². The third-order valence-corrected chi connectivity index (χ3v) is 3.38. The van der Waals surface area contributed by atoms with Crippen LogP contribution in [-0.2, 0) is 16.0 Å². The lowest BCUT2D eigenvalue weighted by Gasteiger charge is -2.35. The lowest BCUT2D eigenvalue weighted by atomic mass is 9.92. The van der Waals surface area contributed by atoms with E-state index in [1.54, 1.807) is 0 Å². The number of rotatable bonds is 4. The number of benzene rings is 1. The van der Waals surface area contributed by atoms with Crippen LogP contribution < -0.4 is 5.73 Å². The Balaban J connectivity index is 2.13. The van der Waals surface area contributed by atoms with Gasteiger partial charge < -0.3 is 10.5 Å². The Morgan fingerprint density at radius 2 is 2.28 bits per heavy atom. The number of ether oxygens (including phenoxy) is 1. The zero-order valence-corrected chi connectivity index (χ0v) is 10.8. The molecule has 1 aliphatic heterocycles. The van der Waals surface area contributed by atoms with Gasteiger partial charge in [0.2, 0.25) is 0 Å². The van der Waals surface area contributed by atoms with Crippen LogP contribution in [0.3, 0.4) is 0 Å². The van der Waals surface area contributed by atoms with E-state index in [0.29, 0.717) is 19.7 Å². The van der Waals surface area contributed by atoms with Crippen molar-refractivity contribution in [2.45, 2.75) is 19.4 Å². The smallest absolute Gasteiger partial charge is 0.320 e. The van der Waals surface area contributed by atoms with Crippen molar-refractivity contribution in [1.82, 2.24) is 4.90 Å². The number of esters is 1. The molecule has 0 aliphatic carbocycles. The molecule has 4 nitrogen and oxygen atoms in total. The van der Waals surface area contributed by atoms with Gasteiger partial charge in [0.05, 0.1) is 13.2 Å². The van der Waals surface area contributed by atoms with Gasteiger partial charge in [-0.3, -0.25) is 9.69 Å². The molecule has 4 heteroatoms. The van der Waals surface area contributed by atoms with Crippen molar-refractivity contribution >= 4 is 5.97 Å². The first-order valence-electron chi connectivity index (χ1n) is 6.43. The van der Waals surface area contributed by atoms with Gasteiger partial charge in [-0.1, -0.05) is 24.3 Å². The van der Waals surface area contributed by atoms with Gasteiger partial charge in [0, 0.05) is 19.1 Å². The van der Waals surface area contributed by atoms with Gasteiger partial charge in [0.1, 0.15) is 0 Å². The minimum atomic E-state index is -0.171. The van der Waals surface area contributed by atoms with Crippen molar-refractivity contribution in [3.63, 3.8) is 0 Å². The highest BCUT2D eigenvalue weighted by molar-refractivity contribution is 5.71. The molecule has 0 amide bonds. The molecular formula is C14H20N2O2. The molecule has 0 radical (unpaired) electrons. The van der Waals surface area contributed by atoms with E-state index in [0.717, 1.165) is 13.0 Å². The average Bonchev–Trinajstić information content (AvgIpc) is 2.38. The topological polar surface area (TPSA) is 55.6 Å². The van der Waals surface area contributed by atoms with E-state index in [1.165, 1.54) is 11.1 Å². The summed E-state index contributed by atoms with van der Waals surface area (Å²) in [6.45, 7) is 3.96. The Bertz CT molecular complexity index is 420. The van der Waals surface area contributed by atoms with Gasteiger partial charge in [-0.2, -0.15) is 0 Å². The Morgan fingerprint density at radius 3 is 3.00 bits per heavy atom. The van der Waals surface area contributed by atoms with Crippen molar-refractivity contribution < 1.29 is 9.53 Å².